The predicted molar refractivity (Wildman–Crippen MR) is 220 cm³/mol. The zero-order valence-corrected chi connectivity index (χ0v) is 39.5. The van der Waals surface area contributed by atoms with Gasteiger partial charge < -0.3 is 0 Å². The van der Waals surface area contributed by atoms with E-state index in [4.69, 9.17) is 18.6 Å². The van der Waals surface area contributed by atoms with E-state index in [0.717, 1.165) is 12.8 Å². The van der Waals surface area contributed by atoms with E-state index in [1.54, 1.807) is 0 Å². The van der Waals surface area contributed by atoms with Gasteiger partial charge in [0.15, 0.2) is 0 Å². The average Bonchev–Trinajstić information content (AvgIpc) is 3.72. The van der Waals surface area contributed by atoms with Gasteiger partial charge in [0.05, 0.1) is 0 Å². The molecule has 3 aromatic heterocycles. The molecule has 53 heavy (non-hydrogen) atoms. The van der Waals surface area contributed by atoms with Gasteiger partial charge in [0.1, 0.15) is 0 Å². The van der Waals surface area contributed by atoms with Crippen LogP contribution in [0.2, 0.25) is 0 Å². The van der Waals surface area contributed by atoms with Gasteiger partial charge in [-0.1, -0.05) is 0 Å². The Morgan fingerprint density at radius 3 is 1.06 bits per heavy atom. The van der Waals surface area contributed by atoms with Crippen LogP contribution in [-0.4, -0.2) is 65.1 Å². The van der Waals surface area contributed by atoms with Crippen LogP contribution < -0.4 is 27.5 Å². The maximum atomic E-state index is 7.76. The van der Waals surface area contributed by atoms with Gasteiger partial charge in [-0.3, -0.25) is 0 Å². The van der Waals surface area contributed by atoms with E-state index < -0.39 is 55.9 Å². The zero-order valence-electron chi connectivity index (χ0n) is 37.1. The van der Waals surface area contributed by atoms with Crippen LogP contribution in [0.4, 0.5) is 0 Å². The monoisotopic (exact) mass is 848 g/mol. The van der Waals surface area contributed by atoms with E-state index in [9.17, 15) is 0 Å². The van der Waals surface area contributed by atoms with E-state index >= 15 is 0 Å². The number of nitrogens with zero attached hydrogens (tertiary/aromatic N) is 4. The fourth-order valence-corrected chi connectivity index (χ4v) is 14.9. The molecule has 0 amide bonds. The Hall–Kier alpha value is -1.34. The van der Waals surface area contributed by atoms with Gasteiger partial charge >= 0.3 is 333 Å². The summed E-state index contributed by atoms with van der Waals surface area (Å²) in [7, 11) is 0. The number of aromatic nitrogens is 4. The van der Waals surface area contributed by atoms with E-state index in [2.05, 4.69) is 157 Å². The summed E-state index contributed by atoms with van der Waals surface area (Å²) >= 11 is -1.14. The quantitative estimate of drug-likeness (QED) is 0.217. The Labute approximate surface area is 331 Å². The topological polar surface area (TPSA) is 54.5 Å². The van der Waals surface area contributed by atoms with Crippen molar-refractivity contribution in [3.8, 4) is 0 Å². The molecule has 0 radical (unpaired) electrons. The molecule has 1 aliphatic carbocycles. The molecule has 11 heteroatoms. The summed E-state index contributed by atoms with van der Waals surface area (Å²) in [5.74, 6) is 0. The standard InChI is InChI=1S/C42H72B2N4O4Te/c1-25(2)45-29(9)30(10)46(26(3)4)37(45)43(49-39(13,14)40(15,16)50-43)35-33-23-21-22-24-34(33)36(53-35)44(51-41(17,18)42(19,20)52-44)38-47(27(5)6)31(11)32(12)48(38)28(7)8/h25-28H,21-24H2,1-20H3. The SMILES string of the molecule is Cc1c(C)[n+](C(C)C)c([B-]2(c3[te]c([B-]4(c5n(C(C)C)c(C)c(C)[n+]5C(C)C)OC(C)(C)C(C)(C)O4)c4c3CCCC4)OC(C)(C)C(C)(C)O2)n1C(C)C. The van der Waals surface area contributed by atoms with Crippen molar-refractivity contribution >= 4 is 51.9 Å². The van der Waals surface area contributed by atoms with Crippen molar-refractivity contribution in [2.75, 3.05) is 0 Å². The number of fused-ring (bicyclic) bond motifs is 1. The molecule has 0 saturated carbocycles. The van der Waals surface area contributed by atoms with Crippen LogP contribution in [-0.2, 0) is 31.5 Å². The third-order valence-electron chi connectivity index (χ3n) is 13.9. The Morgan fingerprint density at radius 2 is 0.811 bits per heavy atom. The third-order valence-corrected chi connectivity index (χ3v) is 18.4. The summed E-state index contributed by atoms with van der Waals surface area (Å²) in [6.07, 6.45) is 4.40. The third kappa shape index (κ3) is 5.81. The van der Waals surface area contributed by atoms with E-state index in [1.807, 2.05) is 0 Å². The Balaban J connectivity index is 1.82. The molecule has 0 N–H and O–H groups in total. The van der Waals surface area contributed by atoms with Crippen molar-refractivity contribution in [2.24, 2.45) is 0 Å². The minimum atomic E-state index is -2.09. The molecule has 0 unspecified atom stereocenters. The summed E-state index contributed by atoms with van der Waals surface area (Å²) in [4.78, 5) is 0. The zero-order chi connectivity index (χ0) is 39.8. The van der Waals surface area contributed by atoms with Gasteiger partial charge in [0, 0.05) is 0 Å². The second-order valence-electron chi connectivity index (χ2n) is 19.8. The second-order valence-corrected chi connectivity index (χ2v) is 22.9. The fourth-order valence-electron chi connectivity index (χ4n) is 10.2. The normalized spacial score (nSPS) is 22.6. The number of rotatable bonds is 8. The Kier molecular flexibility index (Phi) is 10.2. The van der Waals surface area contributed by atoms with Gasteiger partial charge in [0.2, 0.25) is 0 Å². The summed E-state index contributed by atoms with van der Waals surface area (Å²) in [5, 5.41) is 0. The van der Waals surface area contributed by atoms with Gasteiger partial charge in [-0.15, -0.1) is 0 Å². The molecule has 2 aliphatic heterocycles. The maximum absolute atomic E-state index is 7.76. The van der Waals surface area contributed by atoms with Crippen LogP contribution in [0, 0.1) is 27.7 Å². The first kappa shape index (κ1) is 41.3. The predicted octanol–water partition coefficient (Wildman–Crippen LogP) is 5.68. The molecule has 3 aromatic rings. The van der Waals surface area contributed by atoms with Crippen molar-refractivity contribution in [3.05, 3.63) is 33.9 Å². The molecule has 0 spiro atoms. The van der Waals surface area contributed by atoms with Crippen LogP contribution >= 0.6 is 0 Å². The van der Waals surface area contributed by atoms with Crippen LogP contribution in [0.5, 0.6) is 0 Å². The molecule has 5 heterocycles. The van der Waals surface area contributed by atoms with Crippen LogP contribution in [0.15, 0.2) is 0 Å². The molecule has 296 valence electrons. The molecule has 0 atom stereocenters. The van der Waals surface area contributed by atoms with Crippen molar-refractivity contribution in [2.45, 2.75) is 211 Å². The Bertz CT molecular complexity index is 1700. The molecule has 2 fully saturated rings. The first-order chi connectivity index (χ1) is 24.2. The summed E-state index contributed by atoms with van der Waals surface area (Å²) in [6, 6.07) is 0.931. The van der Waals surface area contributed by atoms with Gasteiger partial charge in [-0.05, 0) is 0 Å². The number of hydrogen-bond acceptors (Lipinski definition) is 4. The van der Waals surface area contributed by atoms with E-state index in [0.29, 0.717) is 0 Å². The van der Waals surface area contributed by atoms with Gasteiger partial charge in [-0.2, -0.15) is 0 Å². The molecular weight excluding hydrogens is 774 g/mol. The average molecular weight is 846 g/mol. The fraction of sp³-hybridized carbons (Fsp3) is 0.762. The summed E-state index contributed by atoms with van der Waals surface area (Å²) in [6.45, 7) is 41.3. The first-order valence-electron chi connectivity index (χ1n) is 20.7. The van der Waals surface area contributed by atoms with Crippen molar-refractivity contribution in [1.29, 1.82) is 0 Å². The summed E-state index contributed by atoms with van der Waals surface area (Å²) in [5.41, 5.74) is 8.36. The Morgan fingerprint density at radius 1 is 0.528 bits per heavy atom. The second kappa shape index (κ2) is 13.1. The van der Waals surface area contributed by atoms with Crippen molar-refractivity contribution in [3.63, 3.8) is 0 Å². The van der Waals surface area contributed by atoms with Gasteiger partial charge in [0.25, 0.3) is 0 Å². The van der Waals surface area contributed by atoms with E-state index in [1.165, 1.54) is 65.1 Å². The molecule has 6 rings (SSSR count). The minimum absolute atomic E-state index is 0.233. The molecule has 8 nitrogen and oxygen atoms in total. The van der Waals surface area contributed by atoms with Gasteiger partial charge in [-0.25, -0.2) is 0 Å². The molecule has 0 aromatic carbocycles. The first-order valence-corrected chi connectivity index (χ1v) is 23.1. The molecule has 3 aliphatic rings. The number of hydrogen-bond donors (Lipinski definition) is 0. The van der Waals surface area contributed by atoms with E-state index in [-0.39, 0.29) is 24.2 Å². The van der Waals surface area contributed by atoms with Crippen molar-refractivity contribution in [1.82, 2.24) is 9.13 Å². The van der Waals surface area contributed by atoms with Crippen LogP contribution in [0.25, 0.3) is 0 Å². The van der Waals surface area contributed by atoms with Crippen LogP contribution in [0.1, 0.15) is 182 Å². The molecule has 2 saturated heterocycles. The van der Waals surface area contributed by atoms with Crippen LogP contribution in [0.3, 0.4) is 0 Å². The molecule has 0 bridgehead atoms. The van der Waals surface area contributed by atoms with Crippen molar-refractivity contribution < 1.29 is 27.8 Å². The summed E-state index contributed by atoms with van der Waals surface area (Å²) < 4.78 is 44.1. The molecular formula is C42H72B2N4O4Te. The number of imidazole rings is 2.